The van der Waals surface area contributed by atoms with Gasteiger partial charge < -0.3 is 19.8 Å². The number of carbonyl (C=O) groups is 1. The van der Waals surface area contributed by atoms with Gasteiger partial charge in [-0.3, -0.25) is 13.8 Å². The molecule has 0 rings (SSSR count). The van der Waals surface area contributed by atoms with Gasteiger partial charge in [-0.05, 0) is 77.6 Å². The number of likely N-dealkylation sites (N-methyl/N-ethyl adjacent to an activating group) is 1. The van der Waals surface area contributed by atoms with Gasteiger partial charge in [-0.2, -0.15) is 0 Å². The summed E-state index contributed by atoms with van der Waals surface area (Å²) < 4.78 is 23.5. The number of aliphatic hydroxyl groups excluding tert-OH is 1. The largest absolute Gasteiger partial charge is 0.472 e. The van der Waals surface area contributed by atoms with Gasteiger partial charge in [0.05, 0.1) is 39.9 Å². The van der Waals surface area contributed by atoms with Crippen LogP contribution in [0.3, 0.4) is 0 Å². The molecule has 58 heavy (non-hydrogen) atoms. The molecule has 3 N–H and O–H groups in total. The lowest BCUT2D eigenvalue weighted by atomic mass is 10.0. The van der Waals surface area contributed by atoms with Crippen LogP contribution in [0.4, 0.5) is 0 Å². The zero-order chi connectivity index (χ0) is 42.8. The van der Waals surface area contributed by atoms with Crippen molar-refractivity contribution in [3.63, 3.8) is 0 Å². The number of phosphoric ester groups is 1. The first-order valence-electron chi connectivity index (χ1n) is 22.9. The number of nitrogens with zero attached hydrogens (tertiary/aromatic N) is 1. The molecule has 0 spiro atoms. The van der Waals surface area contributed by atoms with E-state index in [2.05, 4.69) is 79.1 Å². The second kappa shape index (κ2) is 40.1. The first kappa shape index (κ1) is 55.7. The Hall–Kier alpha value is -2.32. The van der Waals surface area contributed by atoms with Crippen LogP contribution in [0.25, 0.3) is 0 Å². The second-order valence-electron chi connectivity index (χ2n) is 16.4. The zero-order valence-electron chi connectivity index (χ0n) is 37.8. The van der Waals surface area contributed by atoms with Crippen molar-refractivity contribution in [2.45, 2.75) is 180 Å². The Bertz CT molecular complexity index is 1220. The molecule has 0 saturated heterocycles. The fraction of sp³-hybridized carbons (Fsp3) is 0.694. The van der Waals surface area contributed by atoms with Gasteiger partial charge in [-0.25, -0.2) is 4.57 Å². The molecule has 0 radical (unpaired) electrons. The van der Waals surface area contributed by atoms with E-state index in [1.54, 1.807) is 6.08 Å². The van der Waals surface area contributed by atoms with Gasteiger partial charge in [0.2, 0.25) is 5.91 Å². The molecule has 8 nitrogen and oxygen atoms in total. The number of nitrogens with one attached hydrogen (secondary N) is 1. The molecule has 0 aromatic rings. The number of unbranched alkanes of at least 4 members (excludes halogenated alkanes) is 16. The van der Waals surface area contributed by atoms with Gasteiger partial charge in [0.25, 0.3) is 0 Å². The Labute approximate surface area is 356 Å². The van der Waals surface area contributed by atoms with E-state index in [0.29, 0.717) is 17.4 Å². The van der Waals surface area contributed by atoms with Gasteiger partial charge in [0.1, 0.15) is 13.2 Å². The number of carbonyl (C=O) groups excluding carboxylic acids is 1. The minimum absolute atomic E-state index is 0.0496. The summed E-state index contributed by atoms with van der Waals surface area (Å²) in [4.78, 5) is 23.1. The van der Waals surface area contributed by atoms with Crippen LogP contribution in [-0.4, -0.2) is 73.4 Å². The van der Waals surface area contributed by atoms with E-state index >= 15 is 0 Å². The molecular weight excluding hydrogens is 744 g/mol. The Morgan fingerprint density at radius 2 is 1.07 bits per heavy atom. The van der Waals surface area contributed by atoms with E-state index in [4.69, 9.17) is 9.05 Å². The van der Waals surface area contributed by atoms with Gasteiger partial charge >= 0.3 is 7.82 Å². The molecule has 0 aromatic carbocycles. The molecule has 1 amide bonds. The molecule has 0 aliphatic carbocycles. The van der Waals surface area contributed by atoms with E-state index in [-0.39, 0.29) is 19.1 Å². The van der Waals surface area contributed by atoms with E-state index in [9.17, 15) is 19.4 Å². The molecule has 0 aliphatic rings. The SMILES string of the molecule is C/C=C/CC/C=C/CC/C=C/C(O)C(COP(=O)(O)OCC[N+](C)(C)C)NC(=O)CCCCCCCCCCCCCCCC/C=C\C/C=C\C/C=C\C/C=C\CC. The number of allylic oxidation sites excluding steroid dienone is 13. The summed E-state index contributed by atoms with van der Waals surface area (Å²) in [5.41, 5.74) is 0. The maximum atomic E-state index is 12.8. The summed E-state index contributed by atoms with van der Waals surface area (Å²) in [6.45, 7) is 4.42. The first-order chi connectivity index (χ1) is 28.0. The van der Waals surface area contributed by atoms with Crippen LogP contribution in [0, 0.1) is 0 Å². The third-order valence-electron chi connectivity index (χ3n) is 9.67. The third kappa shape index (κ3) is 41.8. The molecule has 0 aliphatic heterocycles. The number of rotatable bonds is 40. The van der Waals surface area contributed by atoms with Crippen molar-refractivity contribution < 1.29 is 32.9 Å². The molecular formula is C49H88N2O6P+. The van der Waals surface area contributed by atoms with Crippen molar-refractivity contribution in [1.82, 2.24) is 5.32 Å². The molecule has 0 fully saturated rings. The normalized spacial score (nSPS) is 15.1. The minimum atomic E-state index is -4.35. The number of amides is 1. The molecule has 3 atom stereocenters. The molecule has 0 bridgehead atoms. The maximum Gasteiger partial charge on any atom is 0.472 e. The molecule has 9 heteroatoms. The third-order valence-corrected chi connectivity index (χ3v) is 10.7. The Balaban J connectivity index is 4.15. The van der Waals surface area contributed by atoms with Crippen LogP contribution in [-0.2, 0) is 18.4 Å². The highest BCUT2D eigenvalue weighted by Crippen LogP contribution is 2.43. The van der Waals surface area contributed by atoms with Gasteiger partial charge in [0.15, 0.2) is 0 Å². The molecule has 0 saturated carbocycles. The fourth-order valence-corrected chi connectivity index (χ4v) is 6.81. The maximum absolute atomic E-state index is 12.8. The van der Waals surface area contributed by atoms with Crippen molar-refractivity contribution in [3.8, 4) is 0 Å². The smallest absolute Gasteiger partial charge is 0.387 e. The van der Waals surface area contributed by atoms with Crippen molar-refractivity contribution in [3.05, 3.63) is 85.1 Å². The van der Waals surface area contributed by atoms with Crippen LogP contribution in [0.15, 0.2) is 85.1 Å². The number of phosphoric acid groups is 1. The van der Waals surface area contributed by atoms with Gasteiger partial charge in [-0.1, -0.05) is 169 Å². The minimum Gasteiger partial charge on any atom is -0.387 e. The van der Waals surface area contributed by atoms with Crippen LogP contribution in [0.2, 0.25) is 0 Å². The second-order valence-corrected chi connectivity index (χ2v) is 17.8. The predicted octanol–water partition coefficient (Wildman–Crippen LogP) is 13.0. The van der Waals surface area contributed by atoms with E-state index in [1.165, 1.54) is 77.0 Å². The van der Waals surface area contributed by atoms with Crippen LogP contribution in [0.5, 0.6) is 0 Å². The lowest BCUT2D eigenvalue weighted by Gasteiger charge is -2.25. The number of hydrogen-bond acceptors (Lipinski definition) is 5. The van der Waals surface area contributed by atoms with Crippen molar-refractivity contribution in [1.29, 1.82) is 0 Å². The Kier molecular flexibility index (Phi) is 38.5. The van der Waals surface area contributed by atoms with E-state index in [1.807, 2.05) is 40.2 Å². The Morgan fingerprint density at radius 3 is 1.59 bits per heavy atom. The predicted molar refractivity (Wildman–Crippen MR) is 249 cm³/mol. The van der Waals surface area contributed by atoms with Gasteiger partial charge in [0, 0.05) is 6.42 Å². The van der Waals surface area contributed by atoms with Crippen molar-refractivity contribution in [2.75, 3.05) is 40.9 Å². The summed E-state index contributed by atoms with van der Waals surface area (Å²) >= 11 is 0. The summed E-state index contributed by atoms with van der Waals surface area (Å²) in [7, 11) is 1.53. The molecule has 0 aromatic heterocycles. The van der Waals surface area contributed by atoms with Gasteiger partial charge in [-0.15, -0.1) is 0 Å². The highest BCUT2D eigenvalue weighted by molar-refractivity contribution is 7.47. The number of hydrogen-bond donors (Lipinski definition) is 3. The standard InChI is InChI=1S/C49H87N2O6P/c1-6-8-10-12-14-16-17-18-19-20-21-22-23-24-25-26-27-28-29-30-31-32-33-35-37-39-41-43-49(53)50-47(46-57-58(54,55)56-45-44-51(3,4)5)48(52)42-40-38-36-34-15-13-11-9-7-2/h7-10,14-16,18-19,21-22,34,40,42,47-48,52H,6,11-13,17,20,23-33,35-39,41,43-46H2,1-5H3,(H-,50,53,54,55)/p+1/b9-7+,10-8-,16-14-,19-18-,22-21-,34-15+,42-40+. The number of quaternary nitrogens is 1. The zero-order valence-corrected chi connectivity index (χ0v) is 38.6. The topological polar surface area (TPSA) is 105 Å². The first-order valence-corrected chi connectivity index (χ1v) is 24.4. The lowest BCUT2D eigenvalue weighted by Crippen LogP contribution is -2.45. The summed E-state index contributed by atoms with van der Waals surface area (Å²) in [6.07, 6.45) is 55.5. The van der Waals surface area contributed by atoms with Crippen LogP contribution >= 0.6 is 7.82 Å². The molecule has 334 valence electrons. The summed E-state index contributed by atoms with van der Waals surface area (Å²) in [5.74, 6) is -0.199. The summed E-state index contributed by atoms with van der Waals surface area (Å²) in [5, 5.41) is 13.7. The fourth-order valence-electron chi connectivity index (χ4n) is 6.07. The number of aliphatic hydroxyl groups is 1. The van der Waals surface area contributed by atoms with Crippen LogP contribution in [0.1, 0.15) is 168 Å². The quantitative estimate of drug-likeness (QED) is 0.0246. The van der Waals surface area contributed by atoms with Crippen LogP contribution < -0.4 is 5.32 Å². The monoisotopic (exact) mass is 832 g/mol. The van der Waals surface area contributed by atoms with E-state index < -0.39 is 20.0 Å². The highest BCUT2D eigenvalue weighted by Gasteiger charge is 2.27. The van der Waals surface area contributed by atoms with Crippen molar-refractivity contribution in [2.24, 2.45) is 0 Å². The Morgan fingerprint density at radius 1 is 0.621 bits per heavy atom. The average molecular weight is 832 g/mol. The van der Waals surface area contributed by atoms with E-state index in [0.717, 1.165) is 70.6 Å². The summed E-state index contributed by atoms with van der Waals surface area (Å²) in [6, 6.07) is -0.871. The average Bonchev–Trinajstić information content (AvgIpc) is 3.17. The molecule has 3 unspecified atom stereocenters. The lowest BCUT2D eigenvalue weighted by molar-refractivity contribution is -0.870. The highest BCUT2D eigenvalue weighted by atomic mass is 31.2. The van der Waals surface area contributed by atoms with Crippen molar-refractivity contribution >= 4 is 13.7 Å². The molecule has 0 heterocycles.